The van der Waals surface area contributed by atoms with Crippen LogP contribution in [0.1, 0.15) is 48.8 Å². The average Bonchev–Trinajstić information content (AvgIpc) is 3.44. The van der Waals surface area contributed by atoms with Gasteiger partial charge in [0.1, 0.15) is 5.69 Å². The van der Waals surface area contributed by atoms with Gasteiger partial charge in [-0.15, -0.1) is 5.10 Å². The van der Waals surface area contributed by atoms with Gasteiger partial charge in [-0.05, 0) is 51.0 Å². The Hall–Kier alpha value is -4.49. The number of carboxylic acid groups (broad SMARTS) is 1. The summed E-state index contributed by atoms with van der Waals surface area (Å²) in [6, 6.07) is 8.06. The van der Waals surface area contributed by atoms with E-state index in [-0.39, 0.29) is 11.7 Å². The molecule has 0 spiro atoms. The Morgan fingerprint density at radius 3 is 2.49 bits per heavy atom. The van der Waals surface area contributed by atoms with Gasteiger partial charge in [0.2, 0.25) is 5.89 Å². The van der Waals surface area contributed by atoms with E-state index >= 15 is 0 Å². The van der Waals surface area contributed by atoms with Gasteiger partial charge in [-0.25, -0.2) is 14.8 Å². The zero-order valence-corrected chi connectivity index (χ0v) is 19.6. The summed E-state index contributed by atoms with van der Waals surface area (Å²) in [5.74, 6) is -2.05. The predicted molar refractivity (Wildman–Crippen MR) is 126 cm³/mol. The third-order valence-corrected chi connectivity index (χ3v) is 5.24. The highest BCUT2D eigenvalue weighted by Gasteiger charge is 2.38. The first-order valence-corrected chi connectivity index (χ1v) is 11.1. The van der Waals surface area contributed by atoms with Gasteiger partial charge in [0, 0.05) is 45.9 Å². The topological polar surface area (TPSA) is 173 Å². The number of nitrogens with zero attached hydrogens (tertiary/aromatic N) is 4. The highest BCUT2D eigenvalue weighted by Crippen LogP contribution is 2.40. The van der Waals surface area contributed by atoms with E-state index in [1.807, 2.05) is 38.2 Å². The van der Waals surface area contributed by atoms with Crippen LogP contribution in [-0.2, 0) is 4.79 Å². The van der Waals surface area contributed by atoms with Crippen LogP contribution in [0, 0.1) is 0 Å². The van der Waals surface area contributed by atoms with Crippen molar-refractivity contribution in [2.24, 2.45) is 5.73 Å². The number of nitrogens with one attached hydrogen (secondary N) is 2. The zero-order valence-electron chi connectivity index (χ0n) is 19.6. The maximum absolute atomic E-state index is 11.8. The minimum Gasteiger partial charge on any atom is -0.475 e. The predicted octanol–water partition coefficient (Wildman–Crippen LogP) is 4.10. The van der Waals surface area contributed by atoms with Crippen LogP contribution in [-0.4, -0.2) is 54.4 Å². The number of benzene rings is 1. The molecule has 1 amide bonds. The number of halogens is 3. The van der Waals surface area contributed by atoms with Crippen molar-refractivity contribution in [3.63, 3.8) is 0 Å². The number of carboxylic acids is 1. The molecule has 0 bridgehead atoms. The van der Waals surface area contributed by atoms with Crippen molar-refractivity contribution in [3.8, 4) is 22.8 Å². The first-order valence-electron chi connectivity index (χ1n) is 11.1. The van der Waals surface area contributed by atoms with E-state index in [0.717, 1.165) is 40.6 Å². The Morgan fingerprint density at radius 2 is 1.89 bits per heavy atom. The highest BCUT2D eigenvalue weighted by molar-refractivity contribution is 5.97. The van der Waals surface area contributed by atoms with Gasteiger partial charge < -0.3 is 25.6 Å². The van der Waals surface area contributed by atoms with Crippen LogP contribution in [0.4, 0.5) is 19.2 Å². The normalized spacial score (nSPS) is 13.4. The van der Waals surface area contributed by atoms with E-state index in [2.05, 4.69) is 25.5 Å². The lowest BCUT2D eigenvalue weighted by atomic mass is 10.1. The van der Waals surface area contributed by atoms with E-state index in [1.54, 1.807) is 6.07 Å². The van der Waals surface area contributed by atoms with Gasteiger partial charge >= 0.3 is 18.2 Å². The van der Waals surface area contributed by atoms with E-state index in [0.29, 0.717) is 23.6 Å². The van der Waals surface area contributed by atoms with Crippen molar-refractivity contribution in [1.82, 2.24) is 25.1 Å². The lowest BCUT2D eigenvalue weighted by Crippen LogP contribution is -2.21. The minimum atomic E-state index is -5.08. The van der Waals surface area contributed by atoms with Crippen molar-refractivity contribution in [1.29, 1.82) is 0 Å². The number of amides is 1. The standard InChI is InChI=1S/C21H21N7O2.C2HF3O2/c1-10(2)24-21-28-27-20(30-21)12-5-6-15-13(7-12)14(9-23-15)19-25-16(11-3-4-11)8-17(26-19)18(22)29;3-2(4,5)1(6)7/h5-11,23H,3-4H2,1-2H3,(H2,22,29)(H,24,28);(H,6,7). The molecule has 3 aromatic heterocycles. The monoisotopic (exact) mass is 517 g/mol. The fraction of sp³-hybridized carbons (Fsp3) is 0.304. The third-order valence-electron chi connectivity index (χ3n) is 5.24. The molecule has 1 fully saturated rings. The summed E-state index contributed by atoms with van der Waals surface area (Å²) >= 11 is 0. The van der Waals surface area contributed by atoms with Crippen LogP contribution < -0.4 is 11.1 Å². The van der Waals surface area contributed by atoms with Gasteiger partial charge in [0.15, 0.2) is 5.82 Å². The van der Waals surface area contributed by atoms with Gasteiger partial charge in [-0.1, -0.05) is 5.10 Å². The Balaban J connectivity index is 0.000000405. The van der Waals surface area contributed by atoms with E-state index in [4.69, 9.17) is 25.0 Å². The number of hydrogen-bond donors (Lipinski definition) is 4. The molecule has 14 heteroatoms. The number of H-pyrrole nitrogens is 1. The number of primary amides is 1. The number of fused-ring (bicyclic) bond motifs is 1. The molecule has 5 rings (SSSR count). The van der Waals surface area contributed by atoms with Gasteiger partial charge in [0.05, 0.1) is 0 Å². The molecule has 11 nitrogen and oxygen atoms in total. The molecule has 1 aliphatic carbocycles. The molecule has 5 N–H and O–H groups in total. The Kier molecular flexibility index (Phi) is 6.83. The molecule has 3 heterocycles. The van der Waals surface area contributed by atoms with Crippen molar-refractivity contribution < 1.29 is 32.3 Å². The van der Waals surface area contributed by atoms with Crippen molar-refractivity contribution in [2.45, 2.75) is 44.8 Å². The first kappa shape index (κ1) is 25.6. The fourth-order valence-corrected chi connectivity index (χ4v) is 3.38. The van der Waals surface area contributed by atoms with E-state index < -0.39 is 18.1 Å². The quantitative estimate of drug-likeness (QED) is 0.294. The number of aromatic nitrogens is 5. The van der Waals surface area contributed by atoms with Gasteiger partial charge in [-0.2, -0.15) is 13.2 Å². The molecule has 37 heavy (non-hydrogen) atoms. The number of aliphatic carboxylic acids is 1. The van der Waals surface area contributed by atoms with Gasteiger partial charge in [0.25, 0.3) is 5.91 Å². The summed E-state index contributed by atoms with van der Waals surface area (Å²) < 4.78 is 37.5. The van der Waals surface area contributed by atoms with Gasteiger partial charge in [-0.3, -0.25) is 4.79 Å². The van der Waals surface area contributed by atoms with Crippen LogP contribution >= 0.6 is 0 Å². The Bertz CT molecular complexity index is 1460. The van der Waals surface area contributed by atoms with E-state index in [1.165, 1.54) is 0 Å². The molecule has 0 atom stereocenters. The largest absolute Gasteiger partial charge is 0.490 e. The van der Waals surface area contributed by atoms with Crippen molar-refractivity contribution in [2.75, 3.05) is 5.32 Å². The molecule has 1 aromatic carbocycles. The number of nitrogens with two attached hydrogens (primary N) is 1. The minimum absolute atomic E-state index is 0.187. The lowest BCUT2D eigenvalue weighted by Gasteiger charge is -2.06. The molecule has 194 valence electrons. The molecule has 1 aliphatic rings. The SMILES string of the molecule is CC(C)Nc1nnc(-c2ccc3[nH]cc(-c4nc(C(N)=O)cc(C5CC5)n4)c3c2)o1.O=C(O)C(F)(F)F. The number of rotatable bonds is 6. The summed E-state index contributed by atoms with van der Waals surface area (Å²) in [6.07, 6.45) is -1.11. The first-order chi connectivity index (χ1) is 17.4. The van der Waals surface area contributed by atoms with Crippen LogP contribution in [0.3, 0.4) is 0 Å². The second-order valence-corrected chi connectivity index (χ2v) is 8.62. The molecular formula is C23H22F3N7O4. The fourth-order valence-electron chi connectivity index (χ4n) is 3.38. The summed E-state index contributed by atoms with van der Waals surface area (Å²) in [4.78, 5) is 33.0. The smallest absolute Gasteiger partial charge is 0.475 e. The van der Waals surface area contributed by atoms with Crippen LogP contribution in [0.5, 0.6) is 0 Å². The highest BCUT2D eigenvalue weighted by atomic mass is 19.4. The lowest BCUT2D eigenvalue weighted by molar-refractivity contribution is -0.192. The van der Waals surface area contributed by atoms with E-state index in [9.17, 15) is 18.0 Å². The molecule has 0 aliphatic heterocycles. The number of anilines is 1. The Labute approximate surface area is 207 Å². The van der Waals surface area contributed by atoms with Crippen molar-refractivity contribution >= 4 is 28.8 Å². The second kappa shape index (κ2) is 9.87. The summed E-state index contributed by atoms with van der Waals surface area (Å²) in [5.41, 5.74) is 9.08. The summed E-state index contributed by atoms with van der Waals surface area (Å²) in [7, 11) is 0. The molecule has 1 saturated carbocycles. The molecule has 0 saturated heterocycles. The zero-order chi connectivity index (χ0) is 26.9. The van der Waals surface area contributed by atoms with Crippen LogP contribution in [0.15, 0.2) is 34.9 Å². The number of alkyl halides is 3. The Morgan fingerprint density at radius 1 is 1.19 bits per heavy atom. The summed E-state index contributed by atoms with van der Waals surface area (Å²) in [6.45, 7) is 4.00. The molecular weight excluding hydrogens is 495 g/mol. The second-order valence-electron chi connectivity index (χ2n) is 8.62. The summed E-state index contributed by atoms with van der Waals surface area (Å²) in [5, 5.41) is 19.3. The third kappa shape index (κ3) is 6.02. The number of carbonyl (C=O) groups excluding carboxylic acids is 1. The maximum Gasteiger partial charge on any atom is 0.490 e. The number of hydrogen-bond acceptors (Lipinski definition) is 8. The van der Waals surface area contributed by atoms with Crippen LogP contribution in [0.25, 0.3) is 33.7 Å². The van der Waals surface area contributed by atoms with Crippen LogP contribution in [0.2, 0.25) is 0 Å². The maximum atomic E-state index is 11.8. The molecule has 4 aromatic rings. The average molecular weight is 517 g/mol. The molecule has 0 unspecified atom stereocenters. The molecule has 0 radical (unpaired) electrons. The number of carbonyl (C=O) groups is 2. The van der Waals surface area contributed by atoms with Crippen molar-refractivity contribution in [3.05, 3.63) is 41.9 Å². The number of aromatic amines is 1.